The molecule has 12 heteroatoms. The second kappa shape index (κ2) is 24.8. The van der Waals surface area contributed by atoms with Crippen LogP contribution >= 0.6 is 0 Å². The minimum absolute atomic E-state index is 0.558. The molecule has 1 aliphatic heterocycles. The van der Waals surface area contributed by atoms with Gasteiger partial charge in [0, 0.05) is 57.0 Å². The zero-order valence-electron chi connectivity index (χ0n) is 23.7. The molecule has 1 heterocycles. The van der Waals surface area contributed by atoms with E-state index in [4.69, 9.17) is 25.3 Å². The van der Waals surface area contributed by atoms with Gasteiger partial charge in [-0.25, -0.2) is 19.2 Å². The van der Waals surface area contributed by atoms with Gasteiger partial charge in [-0.05, 0) is 39.2 Å². The zero-order valence-corrected chi connectivity index (χ0v) is 23.7. The molecule has 0 amide bonds. The summed E-state index contributed by atoms with van der Waals surface area (Å²) in [7, 11) is 2.21. The van der Waals surface area contributed by atoms with Crippen molar-refractivity contribution in [2.45, 2.75) is 77.0 Å². The van der Waals surface area contributed by atoms with Crippen molar-refractivity contribution in [3.05, 3.63) is 24.3 Å². The van der Waals surface area contributed by atoms with Gasteiger partial charge in [0.15, 0.2) is 0 Å². The van der Waals surface area contributed by atoms with Crippen molar-refractivity contribution in [1.82, 2.24) is 9.80 Å². The highest BCUT2D eigenvalue weighted by atomic mass is 16.6. The molecule has 228 valence electrons. The predicted octanol–water partition coefficient (Wildman–Crippen LogP) is 3.72. The molecule has 1 saturated heterocycles. The quantitative estimate of drug-likeness (QED) is 0.181. The van der Waals surface area contributed by atoms with Gasteiger partial charge in [-0.1, -0.05) is 50.1 Å². The van der Waals surface area contributed by atoms with Gasteiger partial charge in [0.25, 0.3) is 0 Å². The first kappa shape index (κ1) is 36.8. The molecule has 0 atom stereocenters. The highest BCUT2D eigenvalue weighted by Gasteiger charge is 2.12. The van der Waals surface area contributed by atoms with Crippen LogP contribution in [0.1, 0.15) is 77.0 Å². The first-order valence-corrected chi connectivity index (χ1v) is 14.0. The summed E-state index contributed by atoms with van der Waals surface area (Å²) < 4.78 is 0. The van der Waals surface area contributed by atoms with Crippen molar-refractivity contribution in [3.63, 3.8) is 0 Å². The van der Waals surface area contributed by atoms with E-state index in [2.05, 4.69) is 22.0 Å². The minimum Gasteiger partial charge on any atom is -0.478 e. The molecule has 0 radical (unpaired) electrons. The number of oxime groups is 1. The van der Waals surface area contributed by atoms with E-state index in [-0.39, 0.29) is 0 Å². The van der Waals surface area contributed by atoms with E-state index in [1.54, 1.807) is 0 Å². The van der Waals surface area contributed by atoms with E-state index in [0.717, 1.165) is 32.4 Å². The Bertz CT molecular complexity index is 740. The lowest BCUT2D eigenvalue weighted by atomic mass is 10.00. The molecule has 0 aromatic heterocycles. The highest BCUT2D eigenvalue weighted by Crippen LogP contribution is 2.15. The van der Waals surface area contributed by atoms with E-state index >= 15 is 0 Å². The van der Waals surface area contributed by atoms with Crippen molar-refractivity contribution >= 4 is 29.6 Å². The topological polar surface area (TPSA) is 177 Å². The summed E-state index contributed by atoms with van der Waals surface area (Å²) in [6.07, 6.45) is 18.0. The number of nitrogens with zero attached hydrogens (tertiary/aromatic N) is 3. The van der Waals surface area contributed by atoms with Crippen LogP contribution in [0.3, 0.4) is 0 Å². The second-order valence-corrected chi connectivity index (χ2v) is 9.69. The summed E-state index contributed by atoms with van der Waals surface area (Å²) in [6, 6.07) is 0. The lowest BCUT2D eigenvalue weighted by molar-refractivity contribution is -0.134. The summed E-state index contributed by atoms with van der Waals surface area (Å²) >= 11 is 0. The van der Waals surface area contributed by atoms with E-state index < -0.39 is 23.9 Å². The number of carboxylic acids is 4. The number of piperazine rings is 1. The lowest BCUT2D eigenvalue weighted by Gasteiger charge is -2.32. The van der Waals surface area contributed by atoms with Crippen LogP contribution in [-0.2, 0) is 24.0 Å². The third-order valence-corrected chi connectivity index (χ3v) is 6.17. The molecule has 2 fully saturated rings. The maximum absolute atomic E-state index is 9.55. The summed E-state index contributed by atoms with van der Waals surface area (Å²) in [5.41, 5.74) is 1.31. The van der Waals surface area contributed by atoms with Gasteiger partial charge in [-0.3, -0.25) is 0 Å². The molecule has 2 rings (SSSR count). The van der Waals surface area contributed by atoms with Gasteiger partial charge >= 0.3 is 23.9 Å². The average molecular weight is 570 g/mol. The molecule has 0 unspecified atom stereocenters. The maximum Gasteiger partial charge on any atom is 0.328 e. The predicted molar refractivity (Wildman–Crippen MR) is 152 cm³/mol. The van der Waals surface area contributed by atoms with E-state index in [1.807, 2.05) is 0 Å². The SMILES string of the molecule is CN1CCN(CCCON=C2CCCCCCCCCCC2)CC1.O=C(O)/C=C/C(=O)O.O=C(O)/C=C/C(=O)O. The monoisotopic (exact) mass is 569 g/mol. The normalized spacial score (nSPS) is 17.8. The Morgan fingerprint density at radius 2 is 1.05 bits per heavy atom. The Morgan fingerprint density at radius 3 is 1.43 bits per heavy atom. The number of carboxylic acid groups (broad SMARTS) is 4. The molecule has 4 N–H and O–H groups in total. The van der Waals surface area contributed by atoms with Gasteiger partial charge in [-0.15, -0.1) is 0 Å². The minimum atomic E-state index is -1.26. The van der Waals surface area contributed by atoms with Crippen LogP contribution in [0.2, 0.25) is 0 Å². The average Bonchev–Trinajstić information content (AvgIpc) is 2.89. The highest BCUT2D eigenvalue weighted by molar-refractivity contribution is 5.90. The smallest absolute Gasteiger partial charge is 0.328 e. The van der Waals surface area contributed by atoms with Crippen LogP contribution in [0.5, 0.6) is 0 Å². The van der Waals surface area contributed by atoms with Crippen LogP contribution in [0.25, 0.3) is 0 Å². The molecular weight excluding hydrogens is 522 g/mol. The lowest BCUT2D eigenvalue weighted by Crippen LogP contribution is -2.44. The summed E-state index contributed by atoms with van der Waals surface area (Å²) in [5, 5.41) is 35.7. The van der Waals surface area contributed by atoms with Gasteiger partial charge < -0.3 is 35.1 Å². The standard InChI is InChI=1S/C20H39N3O.2C4H4O4/c1-22-15-17-23(18-16-22)14-11-19-24-21-20-12-9-7-5-3-2-4-6-8-10-13-20;2*5-3(6)1-2-4(7)8/h2-19H2,1H3;2*1-2H,(H,5,6)(H,7,8)/b;2*2-1+. The van der Waals surface area contributed by atoms with Crippen LogP contribution in [0.15, 0.2) is 29.5 Å². The van der Waals surface area contributed by atoms with Crippen molar-refractivity contribution in [2.24, 2.45) is 5.16 Å². The molecule has 0 spiro atoms. The number of rotatable bonds is 9. The Labute approximate surface area is 237 Å². The van der Waals surface area contributed by atoms with E-state index in [9.17, 15) is 19.2 Å². The fourth-order valence-corrected chi connectivity index (χ4v) is 3.96. The van der Waals surface area contributed by atoms with Gasteiger partial charge in [0.2, 0.25) is 0 Å². The van der Waals surface area contributed by atoms with E-state index in [1.165, 1.54) is 89.7 Å². The molecule has 1 aliphatic carbocycles. The Hall–Kier alpha value is -3.25. The largest absolute Gasteiger partial charge is 0.478 e. The Balaban J connectivity index is 0.000000780. The number of likely N-dealkylation sites (N-methyl/N-ethyl adjacent to an activating group) is 1. The molecule has 12 nitrogen and oxygen atoms in total. The summed E-state index contributed by atoms with van der Waals surface area (Å²) in [5.74, 6) is -5.03. The van der Waals surface area contributed by atoms with Crippen molar-refractivity contribution < 1.29 is 44.4 Å². The van der Waals surface area contributed by atoms with Gasteiger partial charge in [0.1, 0.15) is 6.61 Å². The fraction of sp³-hybridized carbons (Fsp3) is 0.679. The molecule has 0 aromatic carbocycles. The van der Waals surface area contributed by atoms with Crippen molar-refractivity contribution in [1.29, 1.82) is 0 Å². The van der Waals surface area contributed by atoms with E-state index in [0.29, 0.717) is 24.3 Å². The van der Waals surface area contributed by atoms with Crippen LogP contribution in [-0.4, -0.2) is 106 Å². The molecule has 0 aromatic rings. The van der Waals surface area contributed by atoms with Gasteiger partial charge in [0.05, 0.1) is 5.71 Å². The first-order valence-electron chi connectivity index (χ1n) is 14.0. The second-order valence-electron chi connectivity index (χ2n) is 9.69. The maximum atomic E-state index is 9.55. The first-order chi connectivity index (χ1) is 19.1. The Morgan fingerprint density at radius 1 is 0.675 bits per heavy atom. The zero-order chi connectivity index (χ0) is 30.0. The van der Waals surface area contributed by atoms with Crippen LogP contribution in [0.4, 0.5) is 0 Å². The third-order valence-electron chi connectivity index (χ3n) is 6.17. The number of aliphatic carboxylic acids is 4. The third kappa shape index (κ3) is 26.4. The van der Waals surface area contributed by atoms with Crippen molar-refractivity contribution in [3.8, 4) is 0 Å². The van der Waals surface area contributed by atoms with Crippen molar-refractivity contribution in [2.75, 3.05) is 46.4 Å². The number of carbonyl (C=O) groups is 4. The molecular formula is C28H47N3O9. The molecule has 1 saturated carbocycles. The Kier molecular flexibility index (Phi) is 22.8. The molecule has 2 aliphatic rings. The van der Waals surface area contributed by atoms with Crippen LogP contribution in [0, 0.1) is 0 Å². The molecule has 0 bridgehead atoms. The number of hydrogen-bond acceptors (Lipinski definition) is 8. The van der Waals surface area contributed by atoms with Crippen LogP contribution < -0.4 is 0 Å². The summed E-state index contributed by atoms with van der Waals surface area (Å²) in [6.45, 7) is 6.72. The fourth-order valence-electron chi connectivity index (χ4n) is 3.96. The summed E-state index contributed by atoms with van der Waals surface area (Å²) in [4.78, 5) is 48.8. The number of hydrogen-bond donors (Lipinski definition) is 4. The molecule has 40 heavy (non-hydrogen) atoms. The van der Waals surface area contributed by atoms with Gasteiger partial charge in [-0.2, -0.15) is 0 Å².